The third-order valence-electron chi connectivity index (χ3n) is 4.43. The summed E-state index contributed by atoms with van der Waals surface area (Å²) < 4.78 is 33.0. The van der Waals surface area contributed by atoms with E-state index in [0.717, 1.165) is 11.3 Å². The third kappa shape index (κ3) is 5.77. The molecule has 0 spiro atoms. The molecule has 1 aromatic heterocycles. The molecule has 2 aromatic rings. The maximum Gasteiger partial charge on any atom is 0.362 e. The van der Waals surface area contributed by atoms with Gasteiger partial charge in [0.2, 0.25) is 5.91 Å². The first-order valence-electron chi connectivity index (χ1n) is 9.43. The lowest BCUT2D eigenvalue weighted by Gasteiger charge is -2.42. The van der Waals surface area contributed by atoms with Gasteiger partial charge in [-0.2, -0.15) is 8.42 Å². The minimum atomic E-state index is -4.87. The highest BCUT2D eigenvalue weighted by molar-refractivity contribution is 7.84. The van der Waals surface area contributed by atoms with Crippen molar-refractivity contribution in [1.29, 1.82) is 0 Å². The smallest absolute Gasteiger partial charge is 0.362 e. The molecule has 12 nitrogen and oxygen atoms in total. The zero-order valence-corrected chi connectivity index (χ0v) is 19.8. The summed E-state index contributed by atoms with van der Waals surface area (Å²) in [4.78, 5) is 45.5. The van der Waals surface area contributed by atoms with E-state index < -0.39 is 40.1 Å². The number of nitrogens with one attached hydrogen (secondary N) is 2. The molecule has 15 heteroatoms. The first kappa shape index (κ1) is 25.3. The SMILES string of the molecule is CON=C(C(=O)N[C@@H]1C(=O)N(S(=O)(=O)O)[C@@H]1C=Cc1ccccc1)c1csc(NC(=O)CCl)n1. The van der Waals surface area contributed by atoms with Crippen LogP contribution < -0.4 is 10.6 Å². The molecule has 2 heterocycles. The number of hydrogen-bond acceptors (Lipinski definition) is 9. The van der Waals surface area contributed by atoms with Gasteiger partial charge in [-0.3, -0.25) is 18.9 Å². The van der Waals surface area contributed by atoms with Crippen molar-refractivity contribution in [3.05, 3.63) is 53.0 Å². The van der Waals surface area contributed by atoms with E-state index in [9.17, 15) is 27.4 Å². The number of anilines is 1. The van der Waals surface area contributed by atoms with Gasteiger partial charge >= 0.3 is 10.3 Å². The molecule has 1 aliphatic heterocycles. The number of carbonyl (C=O) groups excluding carboxylic acids is 3. The molecule has 1 aliphatic rings. The van der Waals surface area contributed by atoms with Crippen LogP contribution in [0.1, 0.15) is 11.3 Å². The molecule has 3 rings (SSSR count). The Balaban J connectivity index is 1.82. The Kier molecular flexibility index (Phi) is 7.98. The Labute approximate surface area is 203 Å². The maximum absolute atomic E-state index is 12.9. The molecule has 0 unspecified atom stereocenters. The molecule has 0 aliphatic carbocycles. The predicted octanol–water partition coefficient (Wildman–Crippen LogP) is 0.883. The molecule has 0 saturated carbocycles. The molecule has 0 radical (unpaired) electrons. The van der Waals surface area contributed by atoms with E-state index in [-0.39, 0.29) is 26.7 Å². The topological polar surface area (TPSA) is 167 Å². The van der Waals surface area contributed by atoms with E-state index in [1.165, 1.54) is 18.6 Å². The summed E-state index contributed by atoms with van der Waals surface area (Å²) in [6.07, 6.45) is 2.91. The number of nitrogens with zero attached hydrogens (tertiary/aromatic N) is 3. The zero-order valence-electron chi connectivity index (χ0n) is 17.4. The fourth-order valence-corrected chi connectivity index (χ4v) is 4.58. The van der Waals surface area contributed by atoms with Gasteiger partial charge in [-0.15, -0.1) is 22.9 Å². The highest BCUT2D eigenvalue weighted by Gasteiger charge is 2.53. The van der Waals surface area contributed by atoms with Crippen molar-refractivity contribution >= 4 is 67.9 Å². The first-order chi connectivity index (χ1) is 16.2. The lowest BCUT2D eigenvalue weighted by atomic mass is 9.97. The number of amides is 3. The zero-order chi connectivity index (χ0) is 24.9. The molecule has 34 heavy (non-hydrogen) atoms. The summed E-state index contributed by atoms with van der Waals surface area (Å²) in [6, 6.07) is 6.30. The van der Waals surface area contributed by atoms with E-state index in [0.29, 0.717) is 5.56 Å². The molecule has 0 bridgehead atoms. The molecule has 1 saturated heterocycles. The third-order valence-corrected chi connectivity index (χ3v) is 6.35. The van der Waals surface area contributed by atoms with Gasteiger partial charge in [0, 0.05) is 5.38 Å². The Hall–Kier alpha value is -3.33. The van der Waals surface area contributed by atoms with Crippen LogP contribution in [-0.4, -0.2) is 70.8 Å². The minimum Gasteiger partial charge on any atom is -0.398 e. The number of alkyl halides is 1. The van der Waals surface area contributed by atoms with Crippen LogP contribution in [0.25, 0.3) is 6.08 Å². The quantitative estimate of drug-likeness (QED) is 0.142. The lowest BCUT2D eigenvalue weighted by molar-refractivity contribution is -0.142. The fourth-order valence-electron chi connectivity index (χ4n) is 2.96. The highest BCUT2D eigenvalue weighted by Crippen LogP contribution is 2.26. The van der Waals surface area contributed by atoms with E-state index in [2.05, 4.69) is 20.8 Å². The molecule has 1 fully saturated rings. The Morgan fingerprint density at radius 1 is 1.35 bits per heavy atom. The summed E-state index contributed by atoms with van der Waals surface area (Å²) in [5, 5.41) is 10.0. The number of carbonyl (C=O) groups is 3. The molecular weight excluding hydrogens is 510 g/mol. The van der Waals surface area contributed by atoms with Crippen molar-refractivity contribution in [2.24, 2.45) is 5.16 Å². The van der Waals surface area contributed by atoms with Gasteiger partial charge in [-0.1, -0.05) is 47.6 Å². The number of thiazole rings is 1. The van der Waals surface area contributed by atoms with Gasteiger partial charge in [0.15, 0.2) is 10.8 Å². The predicted molar refractivity (Wildman–Crippen MR) is 125 cm³/mol. The van der Waals surface area contributed by atoms with Crippen molar-refractivity contribution in [3.8, 4) is 0 Å². The van der Waals surface area contributed by atoms with Crippen molar-refractivity contribution in [1.82, 2.24) is 14.6 Å². The average molecular weight is 528 g/mol. The second kappa shape index (κ2) is 10.7. The van der Waals surface area contributed by atoms with Crippen LogP contribution in [0.2, 0.25) is 0 Å². The van der Waals surface area contributed by atoms with Crippen LogP contribution in [0, 0.1) is 0 Å². The van der Waals surface area contributed by atoms with Crippen molar-refractivity contribution in [3.63, 3.8) is 0 Å². The number of rotatable bonds is 9. The number of β-lactam (4-membered cyclic amide) rings is 1. The molecule has 3 amide bonds. The maximum atomic E-state index is 12.9. The van der Waals surface area contributed by atoms with Crippen LogP contribution in [0.4, 0.5) is 5.13 Å². The monoisotopic (exact) mass is 527 g/mol. The summed E-state index contributed by atoms with van der Waals surface area (Å²) in [5.41, 5.74) is 0.413. The molecule has 1 aromatic carbocycles. The summed E-state index contributed by atoms with van der Waals surface area (Å²) in [7, 11) is -3.68. The number of aromatic nitrogens is 1. The molecule has 2 atom stereocenters. The second-order valence-corrected chi connectivity index (χ2v) is 9.08. The second-order valence-electron chi connectivity index (χ2n) is 6.67. The molecule has 3 N–H and O–H groups in total. The van der Waals surface area contributed by atoms with E-state index >= 15 is 0 Å². The first-order valence-corrected chi connectivity index (χ1v) is 12.2. The summed E-state index contributed by atoms with van der Waals surface area (Å²) in [5.74, 6) is -2.73. The van der Waals surface area contributed by atoms with Crippen LogP contribution in [-0.2, 0) is 29.5 Å². The number of hydrogen-bond donors (Lipinski definition) is 3. The van der Waals surface area contributed by atoms with Gasteiger partial charge in [-0.05, 0) is 5.56 Å². The van der Waals surface area contributed by atoms with E-state index in [4.69, 9.17) is 16.4 Å². The molecular formula is C19H18ClN5O7S2. The van der Waals surface area contributed by atoms with E-state index in [1.807, 2.05) is 0 Å². The van der Waals surface area contributed by atoms with Gasteiger partial charge in [0.25, 0.3) is 11.8 Å². The standard InChI is InChI=1S/C19H18ClN5O7S2/c1-32-24-15(12-10-33-19(21-12)22-14(26)9-20)17(27)23-16-13(25(18(16)28)34(29,30)31)8-7-11-5-3-2-4-6-11/h2-8,10,13,16H,9H2,1H3,(H,23,27)(H,21,22,26)(H,29,30,31)/t13-,16+/m1/s1. The number of benzene rings is 1. The Morgan fingerprint density at radius 3 is 2.68 bits per heavy atom. The van der Waals surface area contributed by atoms with Gasteiger partial charge < -0.3 is 15.5 Å². The van der Waals surface area contributed by atoms with E-state index in [1.54, 1.807) is 36.4 Å². The summed E-state index contributed by atoms with van der Waals surface area (Å²) >= 11 is 6.44. The normalized spacial score (nSPS) is 18.5. The highest BCUT2D eigenvalue weighted by atomic mass is 35.5. The van der Waals surface area contributed by atoms with Crippen molar-refractivity contribution in [2.75, 3.05) is 18.3 Å². The molecule has 180 valence electrons. The Morgan fingerprint density at radius 2 is 2.06 bits per heavy atom. The van der Waals surface area contributed by atoms with Gasteiger partial charge in [0.05, 0.1) is 6.04 Å². The average Bonchev–Trinajstić information content (AvgIpc) is 3.25. The fraction of sp³-hybridized carbons (Fsp3) is 0.211. The summed E-state index contributed by atoms with van der Waals surface area (Å²) in [6.45, 7) is 0. The Bertz CT molecular complexity index is 1250. The number of oxime groups is 1. The van der Waals surface area contributed by atoms with Crippen molar-refractivity contribution in [2.45, 2.75) is 12.1 Å². The minimum absolute atomic E-state index is 0.0315. The van der Waals surface area contributed by atoms with Crippen LogP contribution >= 0.6 is 22.9 Å². The van der Waals surface area contributed by atoms with Crippen LogP contribution in [0.5, 0.6) is 0 Å². The van der Waals surface area contributed by atoms with Crippen molar-refractivity contribution < 1.29 is 32.2 Å². The van der Waals surface area contributed by atoms with Crippen LogP contribution in [0.3, 0.4) is 0 Å². The van der Waals surface area contributed by atoms with Gasteiger partial charge in [-0.25, -0.2) is 9.29 Å². The lowest BCUT2D eigenvalue weighted by Crippen LogP contribution is -2.71. The number of halogens is 1. The van der Waals surface area contributed by atoms with Crippen LogP contribution in [0.15, 0.2) is 46.9 Å². The van der Waals surface area contributed by atoms with Gasteiger partial charge in [0.1, 0.15) is 24.7 Å². The largest absolute Gasteiger partial charge is 0.398 e.